The zero-order valence-corrected chi connectivity index (χ0v) is 20.0. The van der Waals surface area contributed by atoms with Crippen molar-refractivity contribution in [3.8, 4) is 5.69 Å². The molecule has 1 aliphatic rings. The van der Waals surface area contributed by atoms with Gasteiger partial charge in [-0.2, -0.15) is 5.10 Å². The maximum Gasteiger partial charge on any atom is 0.321 e. The minimum absolute atomic E-state index is 0.0874. The van der Waals surface area contributed by atoms with Crippen molar-refractivity contribution in [3.05, 3.63) is 71.1 Å². The molecule has 1 N–H and O–H groups in total. The Morgan fingerprint density at radius 1 is 1.00 bits per heavy atom. The molecule has 0 spiro atoms. The molecule has 174 valence electrons. The van der Waals surface area contributed by atoms with E-state index >= 15 is 0 Å². The van der Waals surface area contributed by atoms with Gasteiger partial charge in [-0.1, -0.05) is 48.9 Å². The zero-order chi connectivity index (χ0) is 23.7. The number of piperazine rings is 1. The number of nitrogens with zero attached hydrogens (tertiary/aromatic N) is 6. The number of para-hydroxylation sites is 2. The fourth-order valence-corrected chi connectivity index (χ4v) is 4.45. The normalized spacial score (nSPS) is 14.0. The highest BCUT2D eigenvalue weighted by atomic mass is 35.5. The Kier molecular flexibility index (Phi) is 6.06. The molecule has 0 bridgehead atoms. The van der Waals surface area contributed by atoms with E-state index < -0.39 is 0 Å². The molecule has 0 aliphatic carbocycles. The topological polar surface area (TPSA) is 79.2 Å². The first-order valence-corrected chi connectivity index (χ1v) is 11.8. The summed E-state index contributed by atoms with van der Waals surface area (Å²) >= 11 is 6.48. The second-order valence-electron chi connectivity index (χ2n) is 8.23. The van der Waals surface area contributed by atoms with E-state index in [-0.39, 0.29) is 6.03 Å². The van der Waals surface area contributed by atoms with Gasteiger partial charge in [0.05, 0.1) is 21.8 Å². The second-order valence-corrected chi connectivity index (χ2v) is 8.64. The van der Waals surface area contributed by atoms with Gasteiger partial charge < -0.3 is 15.1 Å². The molecule has 0 saturated carbocycles. The molecule has 3 heterocycles. The molecule has 0 unspecified atom stereocenters. The van der Waals surface area contributed by atoms with E-state index in [4.69, 9.17) is 26.7 Å². The number of rotatable bonds is 4. The van der Waals surface area contributed by atoms with E-state index in [1.54, 1.807) is 4.68 Å². The lowest BCUT2D eigenvalue weighted by Gasteiger charge is -2.35. The van der Waals surface area contributed by atoms with Crippen LogP contribution < -0.4 is 10.2 Å². The Bertz CT molecular complexity index is 1330. The lowest BCUT2D eigenvalue weighted by molar-refractivity contribution is 0.208. The summed E-state index contributed by atoms with van der Waals surface area (Å²) in [5.74, 6) is 1.61. The maximum atomic E-state index is 12.7. The van der Waals surface area contributed by atoms with Gasteiger partial charge in [-0.15, -0.1) is 0 Å². The van der Waals surface area contributed by atoms with Crippen molar-refractivity contribution in [3.63, 3.8) is 0 Å². The van der Waals surface area contributed by atoms with E-state index in [0.29, 0.717) is 37.6 Å². The number of anilines is 2. The molecule has 1 saturated heterocycles. The monoisotopic (exact) mass is 475 g/mol. The minimum atomic E-state index is -0.0874. The maximum absolute atomic E-state index is 12.7. The standard InChI is InChI=1S/C25H26ClN7O/c1-3-21-28-23(22-17(2)30-33(24(22)29-21)20-12-8-7-11-19(20)26)31-13-15-32(16-14-31)25(34)27-18-9-5-4-6-10-18/h4-12H,3,13-16H2,1-2H3,(H,27,34). The minimum Gasteiger partial charge on any atom is -0.352 e. The first-order valence-electron chi connectivity index (χ1n) is 11.4. The number of benzene rings is 2. The molecule has 8 nitrogen and oxygen atoms in total. The summed E-state index contributed by atoms with van der Waals surface area (Å²) in [6.07, 6.45) is 0.704. The summed E-state index contributed by atoms with van der Waals surface area (Å²) in [6.45, 7) is 6.56. The van der Waals surface area contributed by atoms with E-state index in [1.165, 1.54) is 0 Å². The molecule has 2 aromatic carbocycles. The molecule has 1 fully saturated rings. The van der Waals surface area contributed by atoms with Crippen LogP contribution in [0.4, 0.5) is 16.3 Å². The number of carbonyl (C=O) groups is 1. The van der Waals surface area contributed by atoms with E-state index in [9.17, 15) is 4.79 Å². The second kappa shape index (κ2) is 9.30. The largest absolute Gasteiger partial charge is 0.352 e. The summed E-state index contributed by atoms with van der Waals surface area (Å²) in [4.78, 5) is 26.5. The number of halogens is 1. The molecule has 5 rings (SSSR count). The van der Waals surface area contributed by atoms with Gasteiger partial charge in [0.1, 0.15) is 11.6 Å². The number of fused-ring (bicyclic) bond motifs is 1. The van der Waals surface area contributed by atoms with Crippen molar-refractivity contribution < 1.29 is 4.79 Å². The van der Waals surface area contributed by atoms with Crippen LogP contribution in [0.15, 0.2) is 54.6 Å². The van der Waals surface area contributed by atoms with Crippen molar-refractivity contribution in [1.82, 2.24) is 24.6 Å². The van der Waals surface area contributed by atoms with Gasteiger partial charge in [-0.05, 0) is 31.2 Å². The SMILES string of the molecule is CCc1nc(N2CCN(C(=O)Nc3ccccc3)CC2)c2c(C)nn(-c3ccccc3Cl)c2n1. The van der Waals surface area contributed by atoms with Crippen LogP contribution in [0.3, 0.4) is 0 Å². The first kappa shape index (κ1) is 22.2. The van der Waals surface area contributed by atoms with Gasteiger partial charge in [-0.25, -0.2) is 19.4 Å². The lowest BCUT2D eigenvalue weighted by Crippen LogP contribution is -2.50. The average molecular weight is 476 g/mol. The lowest BCUT2D eigenvalue weighted by atomic mass is 10.2. The number of aromatic nitrogens is 4. The molecule has 2 aromatic heterocycles. The average Bonchev–Trinajstić information content (AvgIpc) is 3.20. The number of carbonyl (C=O) groups excluding carboxylic acids is 1. The highest BCUT2D eigenvalue weighted by Crippen LogP contribution is 2.31. The van der Waals surface area contributed by atoms with Gasteiger partial charge in [0, 0.05) is 38.3 Å². The summed E-state index contributed by atoms with van der Waals surface area (Å²) < 4.78 is 1.81. The Balaban J connectivity index is 1.43. The predicted octanol–water partition coefficient (Wildman–Crippen LogP) is 4.69. The van der Waals surface area contributed by atoms with Crippen LogP contribution in [0, 0.1) is 6.92 Å². The number of aryl methyl sites for hydroxylation is 2. The van der Waals surface area contributed by atoms with Crippen LogP contribution in [-0.2, 0) is 6.42 Å². The van der Waals surface area contributed by atoms with Crippen LogP contribution in [0.25, 0.3) is 16.7 Å². The van der Waals surface area contributed by atoms with Crippen molar-refractivity contribution in [1.29, 1.82) is 0 Å². The highest BCUT2D eigenvalue weighted by molar-refractivity contribution is 6.32. The number of nitrogens with one attached hydrogen (secondary N) is 1. The molecule has 0 atom stereocenters. The Hall–Kier alpha value is -3.65. The molecule has 9 heteroatoms. The Morgan fingerprint density at radius 3 is 2.41 bits per heavy atom. The van der Waals surface area contributed by atoms with Gasteiger partial charge >= 0.3 is 6.03 Å². The predicted molar refractivity (Wildman–Crippen MR) is 135 cm³/mol. The number of hydrogen-bond acceptors (Lipinski definition) is 5. The Labute approximate surface area is 203 Å². The third kappa shape index (κ3) is 4.17. The summed E-state index contributed by atoms with van der Waals surface area (Å²) in [6, 6.07) is 17.0. The smallest absolute Gasteiger partial charge is 0.321 e. The fourth-order valence-electron chi connectivity index (χ4n) is 4.23. The van der Waals surface area contributed by atoms with E-state index in [0.717, 1.165) is 39.7 Å². The van der Waals surface area contributed by atoms with Crippen LogP contribution in [0.2, 0.25) is 5.02 Å². The molecular formula is C25H26ClN7O. The molecular weight excluding hydrogens is 450 g/mol. The van der Waals surface area contributed by atoms with Crippen LogP contribution in [0.5, 0.6) is 0 Å². The zero-order valence-electron chi connectivity index (χ0n) is 19.2. The van der Waals surface area contributed by atoms with Crippen molar-refractivity contribution >= 4 is 40.2 Å². The van der Waals surface area contributed by atoms with Crippen molar-refractivity contribution in [2.24, 2.45) is 0 Å². The van der Waals surface area contributed by atoms with Gasteiger partial charge in [0.25, 0.3) is 0 Å². The third-order valence-corrected chi connectivity index (χ3v) is 6.34. The van der Waals surface area contributed by atoms with Crippen molar-refractivity contribution in [2.75, 3.05) is 36.4 Å². The summed E-state index contributed by atoms with van der Waals surface area (Å²) in [5.41, 5.74) is 3.17. The van der Waals surface area contributed by atoms with E-state index in [1.807, 2.05) is 73.3 Å². The summed E-state index contributed by atoms with van der Waals surface area (Å²) in [5, 5.41) is 9.27. The first-order chi connectivity index (χ1) is 16.5. The van der Waals surface area contributed by atoms with Crippen LogP contribution in [0.1, 0.15) is 18.4 Å². The van der Waals surface area contributed by atoms with E-state index in [2.05, 4.69) is 10.2 Å². The molecule has 4 aromatic rings. The number of urea groups is 1. The fraction of sp³-hybridized carbons (Fsp3) is 0.280. The number of amides is 2. The van der Waals surface area contributed by atoms with Crippen LogP contribution in [-0.4, -0.2) is 56.9 Å². The summed E-state index contributed by atoms with van der Waals surface area (Å²) in [7, 11) is 0. The quantitative estimate of drug-likeness (QED) is 0.463. The van der Waals surface area contributed by atoms with Gasteiger partial charge in [-0.3, -0.25) is 0 Å². The molecule has 2 amide bonds. The molecule has 1 aliphatic heterocycles. The number of hydrogen-bond donors (Lipinski definition) is 1. The Morgan fingerprint density at radius 2 is 1.71 bits per heavy atom. The van der Waals surface area contributed by atoms with Crippen molar-refractivity contribution in [2.45, 2.75) is 20.3 Å². The van der Waals surface area contributed by atoms with Gasteiger partial charge in [0.15, 0.2) is 5.65 Å². The highest BCUT2D eigenvalue weighted by Gasteiger charge is 2.26. The van der Waals surface area contributed by atoms with Gasteiger partial charge in [0.2, 0.25) is 0 Å². The molecule has 0 radical (unpaired) electrons. The molecule has 34 heavy (non-hydrogen) atoms. The third-order valence-electron chi connectivity index (χ3n) is 6.02. The van der Waals surface area contributed by atoms with Crippen LogP contribution >= 0.6 is 11.6 Å².